The quantitative estimate of drug-likeness (QED) is 0.568. The maximum absolute atomic E-state index is 13.8. The number of aliphatic imine (C=N–C) groups is 1. The Hall–Kier alpha value is -3.43. The third-order valence-electron chi connectivity index (χ3n) is 4.36. The Morgan fingerprint density at radius 2 is 1.72 bits per heavy atom. The summed E-state index contributed by atoms with van der Waals surface area (Å²) in [5.41, 5.74) is 1.17. The number of imidazole rings is 1. The molecule has 29 heavy (non-hydrogen) atoms. The Labute approximate surface area is 161 Å². The second-order valence-corrected chi connectivity index (χ2v) is 6.24. The Bertz CT molecular complexity index is 1120. The van der Waals surface area contributed by atoms with Gasteiger partial charge in [-0.1, -0.05) is 0 Å². The summed E-state index contributed by atoms with van der Waals surface area (Å²) in [6, 6.07) is 7.34. The highest BCUT2D eigenvalue weighted by molar-refractivity contribution is 5.81. The molecule has 0 amide bonds. The molecule has 0 saturated heterocycles. The third kappa shape index (κ3) is 3.65. The van der Waals surface area contributed by atoms with Crippen molar-refractivity contribution in [3.05, 3.63) is 66.3 Å². The van der Waals surface area contributed by atoms with Crippen LogP contribution in [-0.4, -0.2) is 22.1 Å². The van der Waals surface area contributed by atoms with Gasteiger partial charge in [-0.2, -0.15) is 0 Å². The number of ether oxygens (including phenoxy) is 1. The van der Waals surface area contributed by atoms with Crippen molar-refractivity contribution >= 4 is 22.9 Å². The number of alkyl halides is 3. The first kappa shape index (κ1) is 18.9. The molecule has 0 saturated carbocycles. The zero-order valence-corrected chi connectivity index (χ0v) is 14.9. The molecule has 5 nitrogen and oxygen atoms in total. The number of rotatable bonds is 3. The maximum Gasteiger partial charge on any atom is 0.573 e. The van der Waals surface area contributed by atoms with Crippen LogP contribution in [0.15, 0.2) is 53.8 Å². The van der Waals surface area contributed by atoms with Crippen molar-refractivity contribution in [1.29, 1.82) is 0 Å². The summed E-state index contributed by atoms with van der Waals surface area (Å²) in [5.74, 6) is -1.88. The standard InChI is InChI=1S/C19H13F5N4O/c1-11-26-16-8-14(20)15(21)9-17(16)28(11)18-10-25-6-7-27(18)12-2-4-13(5-3-12)29-19(22,23)24/h2-10,18H,1H3. The Morgan fingerprint density at radius 1 is 1.03 bits per heavy atom. The van der Waals surface area contributed by atoms with Crippen molar-refractivity contribution in [3.63, 3.8) is 0 Å². The first-order valence-electron chi connectivity index (χ1n) is 8.40. The highest BCUT2D eigenvalue weighted by Gasteiger charge is 2.31. The molecular weight excluding hydrogens is 395 g/mol. The Morgan fingerprint density at radius 3 is 2.41 bits per heavy atom. The molecule has 1 atom stereocenters. The van der Waals surface area contributed by atoms with Crippen molar-refractivity contribution < 1.29 is 26.7 Å². The fourth-order valence-corrected chi connectivity index (χ4v) is 3.19. The lowest BCUT2D eigenvalue weighted by atomic mass is 10.2. The second kappa shape index (κ2) is 6.87. The van der Waals surface area contributed by atoms with Crippen LogP contribution in [0.4, 0.5) is 27.6 Å². The zero-order chi connectivity index (χ0) is 20.8. The van der Waals surface area contributed by atoms with Gasteiger partial charge in [0.05, 0.1) is 11.0 Å². The van der Waals surface area contributed by atoms with Crippen LogP contribution in [0.2, 0.25) is 0 Å². The molecule has 0 N–H and O–H groups in total. The van der Waals surface area contributed by atoms with Gasteiger partial charge in [0.2, 0.25) is 0 Å². The number of nitrogens with zero attached hydrogens (tertiary/aromatic N) is 4. The third-order valence-corrected chi connectivity index (χ3v) is 4.36. The predicted molar refractivity (Wildman–Crippen MR) is 96.7 cm³/mol. The molecule has 0 radical (unpaired) electrons. The van der Waals surface area contributed by atoms with E-state index in [1.165, 1.54) is 30.5 Å². The fourth-order valence-electron chi connectivity index (χ4n) is 3.19. The molecule has 2 aromatic carbocycles. The van der Waals surface area contributed by atoms with E-state index < -0.39 is 24.2 Å². The van der Waals surface area contributed by atoms with Gasteiger partial charge in [0.15, 0.2) is 11.6 Å². The van der Waals surface area contributed by atoms with E-state index >= 15 is 0 Å². The topological polar surface area (TPSA) is 42.7 Å². The molecule has 1 aliphatic heterocycles. The van der Waals surface area contributed by atoms with Gasteiger partial charge < -0.3 is 14.2 Å². The van der Waals surface area contributed by atoms with Crippen molar-refractivity contribution in [2.75, 3.05) is 4.90 Å². The van der Waals surface area contributed by atoms with E-state index in [1.807, 2.05) is 0 Å². The molecule has 1 unspecified atom stereocenters. The van der Waals surface area contributed by atoms with Crippen LogP contribution >= 0.6 is 0 Å². The number of halogens is 5. The first-order valence-corrected chi connectivity index (χ1v) is 8.40. The average Bonchev–Trinajstić information content (AvgIpc) is 2.96. The van der Waals surface area contributed by atoms with Crippen LogP contribution in [0.1, 0.15) is 12.0 Å². The fraction of sp³-hybridized carbons (Fsp3) is 0.158. The van der Waals surface area contributed by atoms with Gasteiger partial charge in [0, 0.05) is 36.4 Å². The minimum absolute atomic E-state index is 0.276. The monoisotopic (exact) mass is 408 g/mol. The van der Waals surface area contributed by atoms with Crippen LogP contribution in [-0.2, 0) is 0 Å². The van der Waals surface area contributed by atoms with Gasteiger partial charge in [0.1, 0.15) is 17.7 Å². The lowest BCUT2D eigenvalue weighted by Crippen LogP contribution is -2.31. The van der Waals surface area contributed by atoms with E-state index in [9.17, 15) is 22.0 Å². The molecule has 1 aliphatic rings. The SMILES string of the molecule is Cc1nc2cc(F)c(F)cc2n1C1C=NC=CN1c1ccc(OC(F)(F)F)cc1. The summed E-state index contributed by atoms with van der Waals surface area (Å²) in [6.07, 6.45) is -0.686. The van der Waals surface area contributed by atoms with Crippen LogP contribution in [0.3, 0.4) is 0 Å². The van der Waals surface area contributed by atoms with Gasteiger partial charge in [0.25, 0.3) is 0 Å². The highest BCUT2D eigenvalue weighted by Crippen LogP contribution is 2.32. The number of fused-ring (bicyclic) bond motifs is 1. The summed E-state index contributed by atoms with van der Waals surface area (Å²) < 4.78 is 70.0. The predicted octanol–water partition coefficient (Wildman–Crippen LogP) is 5.08. The number of anilines is 1. The molecule has 0 spiro atoms. The van der Waals surface area contributed by atoms with Gasteiger partial charge >= 0.3 is 6.36 Å². The van der Waals surface area contributed by atoms with Gasteiger partial charge in [-0.25, -0.2) is 13.8 Å². The largest absolute Gasteiger partial charge is 0.573 e. The maximum atomic E-state index is 13.8. The lowest BCUT2D eigenvalue weighted by Gasteiger charge is -2.31. The minimum Gasteiger partial charge on any atom is -0.406 e. The van der Waals surface area contributed by atoms with Crippen molar-refractivity contribution in [2.45, 2.75) is 19.5 Å². The second-order valence-electron chi connectivity index (χ2n) is 6.24. The number of hydrogen-bond acceptors (Lipinski definition) is 4. The summed E-state index contributed by atoms with van der Waals surface area (Å²) in [5, 5.41) is 0. The van der Waals surface area contributed by atoms with Crippen LogP contribution in [0, 0.1) is 18.6 Å². The summed E-state index contributed by atoms with van der Waals surface area (Å²) >= 11 is 0. The molecule has 0 aliphatic carbocycles. The molecule has 2 heterocycles. The minimum atomic E-state index is -4.78. The van der Waals surface area contributed by atoms with E-state index in [0.717, 1.165) is 12.1 Å². The zero-order valence-electron chi connectivity index (χ0n) is 14.9. The van der Waals surface area contributed by atoms with Crippen molar-refractivity contribution in [3.8, 4) is 5.75 Å². The molecule has 1 aromatic heterocycles. The highest BCUT2D eigenvalue weighted by atomic mass is 19.4. The number of aromatic nitrogens is 2. The lowest BCUT2D eigenvalue weighted by molar-refractivity contribution is -0.274. The smallest absolute Gasteiger partial charge is 0.406 e. The Kier molecular flexibility index (Phi) is 4.48. The van der Waals surface area contributed by atoms with Gasteiger partial charge in [-0.15, -0.1) is 13.2 Å². The summed E-state index contributed by atoms with van der Waals surface area (Å²) in [7, 11) is 0. The summed E-state index contributed by atoms with van der Waals surface area (Å²) in [6.45, 7) is 1.68. The van der Waals surface area contributed by atoms with E-state index in [0.29, 0.717) is 17.0 Å². The van der Waals surface area contributed by atoms with E-state index in [-0.39, 0.29) is 11.3 Å². The first-order chi connectivity index (χ1) is 13.7. The molecule has 10 heteroatoms. The van der Waals surface area contributed by atoms with Gasteiger partial charge in [-0.05, 0) is 31.2 Å². The van der Waals surface area contributed by atoms with Crippen molar-refractivity contribution in [2.24, 2.45) is 4.99 Å². The number of benzene rings is 2. The van der Waals surface area contributed by atoms with Crippen LogP contribution < -0.4 is 9.64 Å². The Balaban J connectivity index is 1.74. The van der Waals surface area contributed by atoms with E-state index in [1.54, 1.807) is 28.8 Å². The molecule has 3 aromatic rings. The van der Waals surface area contributed by atoms with E-state index in [4.69, 9.17) is 0 Å². The normalized spacial score (nSPS) is 16.6. The van der Waals surface area contributed by atoms with E-state index in [2.05, 4.69) is 14.7 Å². The molecule has 0 fully saturated rings. The van der Waals surface area contributed by atoms with Crippen LogP contribution in [0.25, 0.3) is 11.0 Å². The molecule has 0 bridgehead atoms. The summed E-state index contributed by atoms with van der Waals surface area (Å²) in [4.78, 5) is 10.1. The molecular formula is C19H13F5N4O. The number of aryl methyl sites for hydroxylation is 1. The average molecular weight is 408 g/mol. The van der Waals surface area contributed by atoms with Crippen LogP contribution in [0.5, 0.6) is 5.75 Å². The molecule has 150 valence electrons. The number of hydrogen-bond donors (Lipinski definition) is 0. The van der Waals surface area contributed by atoms with Gasteiger partial charge in [-0.3, -0.25) is 4.99 Å². The van der Waals surface area contributed by atoms with Crippen molar-refractivity contribution in [1.82, 2.24) is 9.55 Å². The molecule has 4 rings (SSSR count).